The normalized spacial score (nSPS) is 28.9. The maximum absolute atomic E-state index is 13.8. The van der Waals surface area contributed by atoms with Crippen LogP contribution < -0.4 is 9.64 Å². The van der Waals surface area contributed by atoms with Crippen LogP contribution in [0.1, 0.15) is 59.2 Å². The Kier molecular flexibility index (Phi) is 4.57. The van der Waals surface area contributed by atoms with Crippen molar-refractivity contribution >= 4 is 17.6 Å². The van der Waals surface area contributed by atoms with Crippen LogP contribution in [0.2, 0.25) is 0 Å². The molecule has 4 bridgehead atoms. The monoisotopic (exact) mass is 405 g/mol. The van der Waals surface area contributed by atoms with E-state index in [1.807, 2.05) is 29.2 Å². The number of amides is 1. The lowest BCUT2D eigenvalue weighted by Crippen LogP contribution is -2.62. The van der Waals surface area contributed by atoms with Gasteiger partial charge in [-0.2, -0.15) is 0 Å². The van der Waals surface area contributed by atoms with Crippen LogP contribution in [0.25, 0.3) is 0 Å². The molecule has 0 radical (unpaired) electrons. The largest absolute Gasteiger partial charge is 0.497 e. The van der Waals surface area contributed by atoms with Crippen molar-refractivity contribution in [2.45, 2.75) is 44.1 Å². The maximum Gasteiger partial charge on any atom is 0.335 e. The number of methoxy groups -OCH3 is 1. The Bertz CT molecular complexity index is 928. The van der Waals surface area contributed by atoms with Crippen LogP contribution in [-0.2, 0) is 0 Å². The number of hydrogen-bond donors (Lipinski definition) is 1. The van der Waals surface area contributed by atoms with E-state index in [2.05, 4.69) is 0 Å². The van der Waals surface area contributed by atoms with E-state index in [-0.39, 0.29) is 17.0 Å². The van der Waals surface area contributed by atoms with E-state index in [1.54, 1.807) is 31.4 Å². The first-order valence-corrected chi connectivity index (χ1v) is 10.8. The summed E-state index contributed by atoms with van der Waals surface area (Å²) in [6.07, 6.45) is 7.01. The number of carboxylic acids is 1. The standard InChI is InChI=1S/C25H27NO4/c1-30-22-8-4-19(5-9-22)23(27)26(21-6-2-20(3-7-21)24(28)29)25-13-16-10-17(14-25)12-18(11-16)15-25/h2-9,16-18H,10-15H2,1H3,(H,28,29). The highest BCUT2D eigenvalue weighted by molar-refractivity contribution is 6.07. The van der Waals surface area contributed by atoms with Gasteiger partial charge in [0.15, 0.2) is 0 Å². The van der Waals surface area contributed by atoms with Crippen LogP contribution in [0.4, 0.5) is 5.69 Å². The summed E-state index contributed by atoms with van der Waals surface area (Å²) in [6, 6.07) is 14.1. The van der Waals surface area contributed by atoms with Crippen LogP contribution in [0.3, 0.4) is 0 Å². The van der Waals surface area contributed by atoms with Gasteiger partial charge in [-0.15, -0.1) is 0 Å². The van der Waals surface area contributed by atoms with Crippen molar-refractivity contribution in [3.8, 4) is 5.75 Å². The van der Waals surface area contributed by atoms with Gasteiger partial charge in [-0.25, -0.2) is 4.79 Å². The molecule has 1 N–H and O–H groups in total. The van der Waals surface area contributed by atoms with E-state index in [4.69, 9.17) is 4.74 Å². The first kappa shape index (κ1) is 19.2. The molecule has 4 aliphatic carbocycles. The Morgan fingerprint density at radius 1 is 0.867 bits per heavy atom. The van der Waals surface area contributed by atoms with Crippen molar-refractivity contribution in [1.29, 1.82) is 0 Å². The molecule has 0 atom stereocenters. The van der Waals surface area contributed by atoms with E-state index in [9.17, 15) is 14.7 Å². The van der Waals surface area contributed by atoms with Gasteiger partial charge in [-0.1, -0.05) is 0 Å². The zero-order valence-corrected chi connectivity index (χ0v) is 17.2. The van der Waals surface area contributed by atoms with Crippen molar-refractivity contribution in [2.75, 3.05) is 12.0 Å². The van der Waals surface area contributed by atoms with Gasteiger partial charge in [-0.05, 0) is 105 Å². The fourth-order valence-electron chi connectivity index (χ4n) is 6.56. The highest BCUT2D eigenvalue weighted by Gasteiger charge is 2.55. The number of carbonyl (C=O) groups excluding carboxylic acids is 1. The Balaban J connectivity index is 1.57. The molecule has 5 nitrogen and oxygen atoms in total. The van der Waals surface area contributed by atoms with Crippen molar-refractivity contribution < 1.29 is 19.4 Å². The van der Waals surface area contributed by atoms with E-state index >= 15 is 0 Å². The third-order valence-corrected chi connectivity index (χ3v) is 7.39. The molecular formula is C25H27NO4. The number of benzene rings is 2. The van der Waals surface area contributed by atoms with Gasteiger partial charge >= 0.3 is 5.97 Å². The summed E-state index contributed by atoms with van der Waals surface area (Å²) in [5, 5.41) is 9.29. The fourth-order valence-corrected chi connectivity index (χ4v) is 6.56. The van der Waals surface area contributed by atoms with Crippen LogP contribution in [0.5, 0.6) is 5.75 Å². The zero-order valence-electron chi connectivity index (χ0n) is 17.2. The van der Waals surface area contributed by atoms with E-state index in [0.29, 0.717) is 23.3 Å². The topological polar surface area (TPSA) is 66.8 Å². The molecule has 0 aliphatic heterocycles. The second-order valence-electron chi connectivity index (χ2n) is 9.36. The van der Waals surface area contributed by atoms with Crippen LogP contribution in [-0.4, -0.2) is 29.6 Å². The molecule has 4 saturated carbocycles. The van der Waals surface area contributed by atoms with Crippen molar-refractivity contribution in [1.82, 2.24) is 0 Å². The summed E-state index contributed by atoms with van der Waals surface area (Å²) < 4.78 is 5.25. The Labute approximate surface area is 176 Å². The molecule has 2 aromatic rings. The van der Waals surface area contributed by atoms with Crippen molar-refractivity contribution in [2.24, 2.45) is 17.8 Å². The zero-order chi connectivity index (χ0) is 20.9. The van der Waals surface area contributed by atoms with Gasteiger partial charge in [-0.3, -0.25) is 4.79 Å². The van der Waals surface area contributed by atoms with Crippen molar-refractivity contribution in [3.63, 3.8) is 0 Å². The maximum atomic E-state index is 13.8. The molecule has 156 valence electrons. The molecule has 0 heterocycles. The second kappa shape index (κ2) is 7.15. The number of nitrogens with zero attached hydrogens (tertiary/aromatic N) is 1. The molecule has 4 aliphatic rings. The number of ether oxygens (including phenoxy) is 1. The molecule has 1 amide bonds. The lowest BCUT2D eigenvalue weighted by atomic mass is 9.52. The SMILES string of the molecule is COc1ccc(C(=O)N(c2ccc(C(=O)O)cc2)C23CC4CC(CC(C4)C2)C3)cc1. The number of aromatic carboxylic acids is 1. The Morgan fingerprint density at radius 2 is 1.37 bits per heavy atom. The van der Waals surface area contributed by atoms with Gasteiger partial charge in [0.05, 0.1) is 12.7 Å². The van der Waals surface area contributed by atoms with Gasteiger partial charge < -0.3 is 14.7 Å². The molecule has 30 heavy (non-hydrogen) atoms. The minimum Gasteiger partial charge on any atom is -0.497 e. The second-order valence-corrected chi connectivity index (χ2v) is 9.36. The van der Waals surface area contributed by atoms with Crippen LogP contribution in [0.15, 0.2) is 48.5 Å². The first-order chi connectivity index (χ1) is 14.5. The van der Waals surface area contributed by atoms with Gasteiger partial charge in [0.1, 0.15) is 5.75 Å². The molecule has 0 saturated heterocycles. The Morgan fingerprint density at radius 3 is 1.83 bits per heavy atom. The number of hydrogen-bond acceptors (Lipinski definition) is 3. The lowest BCUT2D eigenvalue weighted by Gasteiger charge is -2.60. The predicted octanol–water partition coefficient (Wildman–Crippen LogP) is 5.01. The summed E-state index contributed by atoms with van der Waals surface area (Å²) in [6.45, 7) is 0. The highest BCUT2D eigenvalue weighted by atomic mass is 16.5. The lowest BCUT2D eigenvalue weighted by molar-refractivity contribution is -0.00313. The molecule has 0 unspecified atom stereocenters. The summed E-state index contributed by atoms with van der Waals surface area (Å²) in [7, 11) is 1.61. The number of carbonyl (C=O) groups is 2. The minimum atomic E-state index is -0.954. The molecule has 0 spiro atoms. The molecule has 5 heteroatoms. The quantitative estimate of drug-likeness (QED) is 0.759. The fraction of sp³-hybridized carbons (Fsp3) is 0.440. The van der Waals surface area contributed by atoms with E-state index in [1.165, 1.54) is 19.3 Å². The smallest absolute Gasteiger partial charge is 0.335 e. The van der Waals surface area contributed by atoms with Crippen LogP contribution in [0, 0.1) is 17.8 Å². The summed E-state index contributed by atoms with van der Waals surface area (Å²) in [4.78, 5) is 27.2. The average molecular weight is 405 g/mol. The molecule has 4 fully saturated rings. The third-order valence-electron chi connectivity index (χ3n) is 7.39. The Hall–Kier alpha value is -2.82. The third kappa shape index (κ3) is 3.17. The molecule has 6 rings (SSSR count). The average Bonchev–Trinajstić information content (AvgIpc) is 2.73. The molecule has 0 aromatic heterocycles. The predicted molar refractivity (Wildman–Crippen MR) is 114 cm³/mol. The molecular weight excluding hydrogens is 378 g/mol. The highest BCUT2D eigenvalue weighted by Crippen LogP contribution is 2.58. The summed E-state index contributed by atoms with van der Waals surface area (Å²) in [5.41, 5.74) is 1.49. The van der Waals surface area contributed by atoms with Gasteiger partial charge in [0.2, 0.25) is 0 Å². The number of anilines is 1. The first-order valence-electron chi connectivity index (χ1n) is 10.8. The van der Waals surface area contributed by atoms with Crippen molar-refractivity contribution in [3.05, 3.63) is 59.7 Å². The number of carboxylic acid groups (broad SMARTS) is 1. The van der Waals surface area contributed by atoms with E-state index in [0.717, 1.165) is 30.7 Å². The van der Waals surface area contributed by atoms with Crippen LogP contribution >= 0.6 is 0 Å². The van der Waals surface area contributed by atoms with E-state index < -0.39 is 5.97 Å². The minimum absolute atomic E-state index is 0.0114. The summed E-state index contributed by atoms with van der Waals surface area (Å²) >= 11 is 0. The number of rotatable bonds is 5. The van der Waals surface area contributed by atoms with Gasteiger partial charge in [0, 0.05) is 16.8 Å². The molecule has 2 aromatic carbocycles. The summed E-state index contributed by atoms with van der Waals surface area (Å²) in [5.74, 6) is 1.84. The van der Waals surface area contributed by atoms with Gasteiger partial charge in [0.25, 0.3) is 5.91 Å².